The molecular formula is C24H24ClF2N7O. The van der Waals surface area contributed by atoms with Crippen molar-refractivity contribution in [2.75, 3.05) is 5.32 Å². The van der Waals surface area contributed by atoms with Crippen LogP contribution in [0.4, 0.5) is 14.6 Å². The Balaban J connectivity index is 1.32. The molecule has 3 N–H and O–H groups in total. The van der Waals surface area contributed by atoms with Gasteiger partial charge in [0.2, 0.25) is 0 Å². The predicted octanol–water partition coefficient (Wildman–Crippen LogP) is 4.93. The van der Waals surface area contributed by atoms with Gasteiger partial charge in [0.05, 0.1) is 11.7 Å². The molecule has 8 nitrogen and oxygen atoms in total. The maximum absolute atomic E-state index is 14.6. The maximum atomic E-state index is 14.6. The number of benzene rings is 1. The Bertz CT molecular complexity index is 1390. The summed E-state index contributed by atoms with van der Waals surface area (Å²) in [5.41, 5.74) is 1.32. The number of nitrogens with one attached hydrogen (secondary N) is 3. The SMILES string of the molecule is CCn1nccc1C(=O)N[C@@H]1CCC[C@H](Nc2nc(-c3c[nH]c4c(F)cc(Cl)cc34)ncc2F)C1. The summed E-state index contributed by atoms with van der Waals surface area (Å²) in [5.74, 6) is -0.939. The third kappa shape index (κ3) is 4.70. The second-order valence-corrected chi connectivity index (χ2v) is 9.05. The van der Waals surface area contributed by atoms with Crippen molar-refractivity contribution >= 4 is 34.2 Å². The standard InChI is InChI=1S/C24H24ClF2N7O/c1-2-34-20(6-7-30-34)24(35)32-15-5-3-4-14(10-15)31-23-19(27)12-29-22(33-23)17-11-28-21-16(17)8-13(25)9-18(21)26/h6-9,11-12,14-15,28H,2-5,10H2,1H3,(H,32,35)(H,29,31,33)/t14-,15+/m0/s1. The van der Waals surface area contributed by atoms with Crippen LogP contribution in [0.25, 0.3) is 22.3 Å². The zero-order valence-electron chi connectivity index (χ0n) is 19.0. The summed E-state index contributed by atoms with van der Waals surface area (Å²) in [6, 6.07) is 4.38. The van der Waals surface area contributed by atoms with E-state index in [4.69, 9.17) is 11.6 Å². The molecule has 1 fully saturated rings. The molecule has 1 aliphatic rings. The fourth-order valence-corrected chi connectivity index (χ4v) is 4.83. The van der Waals surface area contributed by atoms with Crippen molar-refractivity contribution < 1.29 is 13.6 Å². The number of hydrogen-bond donors (Lipinski definition) is 3. The number of rotatable bonds is 6. The van der Waals surface area contributed by atoms with Gasteiger partial charge in [-0.1, -0.05) is 11.6 Å². The van der Waals surface area contributed by atoms with Crippen LogP contribution in [0.2, 0.25) is 5.02 Å². The molecule has 11 heteroatoms. The van der Waals surface area contributed by atoms with Gasteiger partial charge in [0.15, 0.2) is 17.5 Å². The predicted molar refractivity (Wildman–Crippen MR) is 129 cm³/mol. The van der Waals surface area contributed by atoms with Crippen LogP contribution in [0, 0.1) is 11.6 Å². The zero-order valence-corrected chi connectivity index (χ0v) is 19.7. The number of nitrogens with zero attached hydrogens (tertiary/aromatic N) is 4. The average molecular weight is 500 g/mol. The van der Waals surface area contributed by atoms with Crippen molar-refractivity contribution in [2.24, 2.45) is 0 Å². The van der Waals surface area contributed by atoms with E-state index >= 15 is 0 Å². The second kappa shape index (κ2) is 9.61. The number of halogens is 3. The first-order valence-electron chi connectivity index (χ1n) is 11.5. The Hall–Kier alpha value is -3.53. The smallest absolute Gasteiger partial charge is 0.269 e. The van der Waals surface area contributed by atoms with E-state index in [1.807, 2.05) is 6.92 Å². The molecular weight excluding hydrogens is 476 g/mol. The lowest BCUT2D eigenvalue weighted by atomic mass is 9.91. The lowest BCUT2D eigenvalue weighted by Gasteiger charge is -2.30. The van der Waals surface area contributed by atoms with Crippen molar-refractivity contribution in [1.82, 2.24) is 30.0 Å². The molecule has 0 saturated heterocycles. The topological polar surface area (TPSA) is 101 Å². The molecule has 0 radical (unpaired) electrons. The van der Waals surface area contributed by atoms with Gasteiger partial charge < -0.3 is 15.6 Å². The van der Waals surface area contributed by atoms with Crippen LogP contribution in [0.5, 0.6) is 0 Å². The highest BCUT2D eigenvalue weighted by Crippen LogP contribution is 2.32. The van der Waals surface area contributed by atoms with Crippen LogP contribution >= 0.6 is 11.6 Å². The summed E-state index contributed by atoms with van der Waals surface area (Å²) in [6.07, 6.45) is 7.42. The van der Waals surface area contributed by atoms with E-state index in [2.05, 4.69) is 30.7 Å². The van der Waals surface area contributed by atoms with Crippen molar-refractivity contribution in [1.29, 1.82) is 0 Å². The maximum Gasteiger partial charge on any atom is 0.269 e. The average Bonchev–Trinajstić information content (AvgIpc) is 3.48. The van der Waals surface area contributed by atoms with Gasteiger partial charge in [-0.15, -0.1) is 0 Å². The van der Waals surface area contributed by atoms with Crippen LogP contribution in [0.3, 0.4) is 0 Å². The molecule has 4 aromatic rings. The zero-order chi connectivity index (χ0) is 24.5. The van der Waals surface area contributed by atoms with Crippen molar-refractivity contribution in [2.45, 2.75) is 51.2 Å². The molecule has 0 spiro atoms. The van der Waals surface area contributed by atoms with Gasteiger partial charge in [0, 0.05) is 47.0 Å². The summed E-state index contributed by atoms with van der Waals surface area (Å²) >= 11 is 6.02. The number of carbonyl (C=O) groups excluding carboxylic acids is 1. The third-order valence-corrected chi connectivity index (χ3v) is 6.51. The summed E-state index contributed by atoms with van der Waals surface area (Å²) in [4.78, 5) is 24.1. The van der Waals surface area contributed by atoms with Gasteiger partial charge in [-0.25, -0.2) is 18.7 Å². The minimum atomic E-state index is -0.587. The normalized spacial score (nSPS) is 18.1. The van der Waals surface area contributed by atoms with Crippen molar-refractivity contribution in [3.05, 3.63) is 59.1 Å². The lowest BCUT2D eigenvalue weighted by molar-refractivity contribution is 0.0915. The fourth-order valence-electron chi connectivity index (χ4n) is 4.62. The van der Waals surface area contributed by atoms with Crippen LogP contribution < -0.4 is 10.6 Å². The van der Waals surface area contributed by atoms with E-state index in [1.54, 1.807) is 29.2 Å². The number of H-pyrrole nitrogens is 1. The quantitative estimate of drug-likeness (QED) is 0.349. The molecule has 0 aliphatic heterocycles. The number of fused-ring (bicyclic) bond motifs is 1. The van der Waals surface area contributed by atoms with Gasteiger partial charge in [0.1, 0.15) is 11.5 Å². The first kappa shape index (κ1) is 23.2. The van der Waals surface area contributed by atoms with Crippen molar-refractivity contribution in [3.8, 4) is 11.4 Å². The molecule has 182 valence electrons. The van der Waals surface area contributed by atoms with E-state index in [0.29, 0.717) is 29.6 Å². The van der Waals surface area contributed by atoms with Crippen LogP contribution in [0.1, 0.15) is 43.1 Å². The van der Waals surface area contributed by atoms with E-state index < -0.39 is 11.6 Å². The molecule has 1 aromatic carbocycles. The number of aromatic nitrogens is 5. The lowest BCUT2D eigenvalue weighted by Crippen LogP contribution is -2.42. The van der Waals surface area contributed by atoms with Gasteiger partial charge >= 0.3 is 0 Å². The molecule has 35 heavy (non-hydrogen) atoms. The van der Waals surface area contributed by atoms with E-state index in [1.165, 1.54) is 6.07 Å². The Morgan fingerprint density at radius 1 is 1.26 bits per heavy atom. The molecule has 3 heterocycles. The molecule has 2 atom stereocenters. The second-order valence-electron chi connectivity index (χ2n) is 8.61. The molecule has 1 amide bonds. The van der Waals surface area contributed by atoms with Gasteiger partial charge in [-0.05, 0) is 50.8 Å². The molecule has 1 saturated carbocycles. The number of aryl methyl sites for hydroxylation is 1. The minimum Gasteiger partial charge on any atom is -0.365 e. The summed E-state index contributed by atoms with van der Waals surface area (Å²) in [7, 11) is 0. The fraction of sp³-hybridized carbons (Fsp3) is 0.333. The highest BCUT2D eigenvalue weighted by atomic mass is 35.5. The minimum absolute atomic E-state index is 0.0583. The summed E-state index contributed by atoms with van der Waals surface area (Å²) in [6.45, 7) is 2.53. The number of hydrogen-bond acceptors (Lipinski definition) is 5. The van der Waals surface area contributed by atoms with E-state index in [0.717, 1.165) is 25.5 Å². The summed E-state index contributed by atoms with van der Waals surface area (Å²) in [5, 5.41) is 11.2. The molecule has 0 bridgehead atoms. The van der Waals surface area contributed by atoms with Crippen LogP contribution in [-0.2, 0) is 6.54 Å². The highest BCUT2D eigenvalue weighted by molar-refractivity contribution is 6.31. The Morgan fingerprint density at radius 2 is 2.09 bits per heavy atom. The summed E-state index contributed by atoms with van der Waals surface area (Å²) < 4.78 is 30.5. The van der Waals surface area contributed by atoms with Crippen LogP contribution in [-0.4, -0.2) is 42.7 Å². The molecule has 0 unspecified atom stereocenters. The number of carbonyl (C=O) groups is 1. The number of aromatic amines is 1. The monoisotopic (exact) mass is 499 g/mol. The largest absolute Gasteiger partial charge is 0.365 e. The third-order valence-electron chi connectivity index (χ3n) is 6.29. The number of anilines is 1. The van der Waals surface area contributed by atoms with Gasteiger partial charge in [-0.3, -0.25) is 9.48 Å². The molecule has 1 aliphatic carbocycles. The molecule has 5 rings (SSSR count). The first-order valence-corrected chi connectivity index (χ1v) is 11.9. The first-order chi connectivity index (χ1) is 16.9. The Kier molecular flexibility index (Phi) is 6.38. The highest BCUT2D eigenvalue weighted by Gasteiger charge is 2.26. The van der Waals surface area contributed by atoms with Gasteiger partial charge in [-0.2, -0.15) is 5.10 Å². The van der Waals surface area contributed by atoms with Crippen LogP contribution in [0.15, 0.2) is 36.8 Å². The Labute approximate surface area is 205 Å². The van der Waals surface area contributed by atoms with E-state index in [9.17, 15) is 13.6 Å². The van der Waals surface area contributed by atoms with Crippen molar-refractivity contribution in [3.63, 3.8) is 0 Å². The Morgan fingerprint density at radius 3 is 2.91 bits per heavy atom. The number of amides is 1. The van der Waals surface area contributed by atoms with Gasteiger partial charge in [0.25, 0.3) is 5.91 Å². The molecule has 3 aromatic heterocycles. The van der Waals surface area contributed by atoms with E-state index in [-0.39, 0.29) is 40.2 Å².